The topological polar surface area (TPSA) is 90.4 Å². The van der Waals surface area contributed by atoms with Gasteiger partial charge in [-0.1, -0.05) is 45.8 Å². The number of aliphatic hydroxyl groups excluding tert-OH is 1. The molecule has 0 aliphatic carbocycles. The Hall–Kier alpha value is -2.19. The number of likely N-dealkylation sites (N-methyl/N-ethyl adjacent to an activating group) is 1. The molecule has 3 rings (SSSR count). The smallest absolute Gasteiger partial charge is 0.248 e. The first-order chi connectivity index (χ1) is 17.1. The second-order valence-corrected chi connectivity index (χ2v) is 10.9. The molecule has 0 aromatic heterocycles. The number of fused-ring (bicyclic) bond motifs is 1. The minimum Gasteiger partial charge on any atom is -0.394 e. The van der Waals surface area contributed by atoms with Gasteiger partial charge in [0.2, 0.25) is 17.7 Å². The van der Waals surface area contributed by atoms with Crippen LogP contribution >= 0.6 is 0 Å². The number of aliphatic hydroxyl groups is 1. The Labute approximate surface area is 216 Å². The van der Waals surface area contributed by atoms with Crippen LogP contribution in [-0.4, -0.2) is 94.1 Å². The van der Waals surface area contributed by atoms with E-state index >= 15 is 0 Å². The highest BCUT2D eigenvalue weighted by Crippen LogP contribution is 2.59. The van der Waals surface area contributed by atoms with E-state index in [2.05, 4.69) is 20.1 Å². The fourth-order valence-electron chi connectivity index (χ4n) is 6.72. The average molecular weight is 504 g/mol. The van der Waals surface area contributed by atoms with Gasteiger partial charge in [-0.15, -0.1) is 13.2 Å². The second-order valence-electron chi connectivity index (χ2n) is 10.9. The normalized spacial score (nSPS) is 31.1. The molecule has 202 valence electrons. The molecule has 3 unspecified atom stereocenters. The maximum absolute atomic E-state index is 14.4. The number of hydrogen-bond acceptors (Lipinski definition) is 5. The average Bonchev–Trinajstić information content (AvgIpc) is 3.50. The molecule has 3 amide bonds. The van der Waals surface area contributed by atoms with E-state index in [1.165, 1.54) is 0 Å². The van der Waals surface area contributed by atoms with Gasteiger partial charge in [0, 0.05) is 26.2 Å². The van der Waals surface area contributed by atoms with Crippen LogP contribution in [0.5, 0.6) is 0 Å². The maximum atomic E-state index is 14.4. The van der Waals surface area contributed by atoms with E-state index in [-0.39, 0.29) is 36.3 Å². The van der Waals surface area contributed by atoms with Gasteiger partial charge in [0.05, 0.1) is 30.6 Å². The second kappa shape index (κ2) is 11.5. The summed E-state index contributed by atoms with van der Waals surface area (Å²) in [5.41, 5.74) is -1.07. The molecule has 0 aromatic rings. The van der Waals surface area contributed by atoms with Crippen LogP contribution in [0.1, 0.15) is 59.8 Å². The van der Waals surface area contributed by atoms with Crippen LogP contribution in [0.2, 0.25) is 0 Å². The molecule has 3 aliphatic rings. The fourth-order valence-corrected chi connectivity index (χ4v) is 6.72. The minimum absolute atomic E-state index is 0.0276. The standard InChI is InChI=1S/C28H45N3O5/c1-8-12-19(6)30(16-10-3)27(35)24-28-14-13-21(36-28)22(25(33)29(7)15-9-2)23(28)26(34)31(24)20(17-32)18(5)11-4/h9-10,18-24,32H,2-3,8,11-17H2,1,4-7H3/t18-,19?,20-,21+,22-,23-,24?,28?/m0/s1. The summed E-state index contributed by atoms with van der Waals surface area (Å²) in [6.45, 7) is 16.2. The largest absolute Gasteiger partial charge is 0.394 e. The molecule has 2 bridgehead atoms. The molecular formula is C28H45N3O5. The summed E-state index contributed by atoms with van der Waals surface area (Å²) in [6.07, 6.45) is 6.61. The number of amides is 3. The number of carbonyl (C=O) groups is 3. The van der Waals surface area contributed by atoms with Gasteiger partial charge in [0.1, 0.15) is 11.6 Å². The third kappa shape index (κ3) is 4.51. The van der Waals surface area contributed by atoms with Crippen molar-refractivity contribution < 1.29 is 24.2 Å². The Morgan fingerprint density at radius 2 is 1.89 bits per heavy atom. The Bertz CT molecular complexity index is 862. The van der Waals surface area contributed by atoms with Crippen LogP contribution < -0.4 is 0 Å². The monoisotopic (exact) mass is 503 g/mol. The lowest BCUT2D eigenvalue weighted by Gasteiger charge is -2.42. The molecule has 0 aromatic carbocycles. The molecule has 8 nitrogen and oxygen atoms in total. The van der Waals surface area contributed by atoms with Crippen molar-refractivity contribution in [2.75, 3.05) is 26.7 Å². The van der Waals surface area contributed by atoms with Crippen LogP contribution in [0.15, 0.2) is 25.3 Å². The van der Waals surface area contributed by atoms with E-state index in [1.54, 1.807) is 33.9 Å². The number of hydrogen-bond donors (Lipinski definition) is 1. The summed E-state index contributed by atoms with van der Waals surface area (Å²) in [4.78, 5) is 47.1. The lowest BCUT2D eigenvalue weighted by Crippen LogP contribution is -2.60. The Balaban J connectivity index is 2.12. The van der Waals surface area contributed by atoms with Gasteiger partial charge in [-0.25, -0.2) is 0 Å². The highest BCUT2D eigenvalue weighted by atomic mass is 16.5. The molecular weight excluding hydrogens is 458 g/mol. The van der Waals surface area contributed by atoms with Crippen LogP contribution in [0.4, 0.5) is 0 Å². The number of likely N-dealkylation sites (tertiary alicyclic amines) is 1. The van der Waals surface area contributed by atoms with Crippen molar-refractivity contribution in [3.05, 3.63) is 25.3 Å². The quantitative estimate of drug-likeness (QED) is 0.390. The Morgan fingerprint density at radius 3 is 2.44 bits per heavy atom. The van der Waals surface area contributed by atoms with E-state index in [9.17, 15) is 19.5 Å². The predicted molar refractivity (Wildman–Crippen MR) is 139 cm³/mol. The molecule has 3 saturated heterocycles. The van der Waals surface area contributed by atoms with Crippen molar-refractivity contribution >= 4 is 17.7 Å². The van der Waals surface area contributed by atoms with Gasteiger partial charge in [-0.3, -0.25) is 14.4 Å². The van der Waals surface area contributed by atoms with Gasteiger partial charge >= 0.3 is 0 Å². The highest BCUT2D eigenvalue weighted by molar-refractivity contribution is 5.99. The Morgan fingerprint density at radius 1 is 1.22 bits per heavy atom. The summed E-state index contributed by atoms with van der Waals surface area (Å²) in [5.74, 6) is -1.99. The van der Waals surface area contributed by atoms with Gasteiger partial charge in [0.15, 0.2) is 0 Å². The SMILES string of the molecule is C=CCN(C)C(=O)[C@@H]1[C@H]2C(=O)N([C@@H](CO)[C@@H](C)CC)C(C(=O)N(CC=C)C(C)CCC)C23CC[C@H]1O3. The molecule has 8 heteroatoms. The van der Waals surface area contributed by atoms with Crippen molar-refractivity contribution in [2.45, 2.75) is 89.6 Å². The summed E-state index contributed by atoms with van der Waals surface area (Å²) < 4.78 is 6.57. The van der Waals surface area contributed by atoms with Crippen LogP contribution in [0, 0.1) is 17.8 Å². The molecule has 3 aliphatic heterocycles. The van der Waals surface area contributed by atoms with Crippen molar-refractivity contribution in [1.82, 2.24) is 14.7 Å². The third-order valence-electron chi connectivity index (χ3n) is 8.73. The molecule has 3 heterocycles. The predicted octanol–water partition coefficient (Wildman–Crippen LogP) is 2.62. The van der Waals surface area contributed by atoms with E-state index in [1.807, 2.05) is 20.8 Å². The molecule has 1 spiro atoms. The molecule has 0 saturated carbocycles. The van der Waals surface area contributed by atoms with Crippen molar-refractivity contribution in [1.29, 1.82) is 0 Å². The molecule has 0 radical (unpaired) electrons. The highest BCUT2D eigenvalue weighted by Gasteiger charge is 2.75. The minimum atomic E-state index is -1.07. The van der Waals surface area contributed by atoms with Crippen LogP contribution in [0.25, 0.3) is 0 Å². The summed E-state index contributed by atoms with van der Waals surface area (Å²) in [6, 6.07) is -1.46. The van der Waals surface area contributed by atoms with Crippen molar-refractivity contribution in [3.8, 4) is 0 Å². The zero-order valence-electron chi connectivity index (χ0n) is 22.7. The summed E-state index contributed by atoms with van der Waals surface area (Å²) in [5, 5.41) is 10.4. The molecule has 36 heavy (non-hydrogen) atoms. The number of ether oxygens (including phenoxy) is 1. The lowest BCUT2D eigenvalue weighted by molar-refractivity contribution is -0.154. The third-order valence-corrected chi connectivity index (χ3v) is 8.73. The van der Waals surface area contributed by atoms with Gasteiger partial charge in [0.25, 0.3) is 0 Å². The number of carbonyl (C=O) groups excluding carboxylic acids is 3. The van der Waals surface area contributed by atoms with Gasteiger partial charge < -0.3 is 24.5 Å². The first-order valence-electron chi connectivity index (χ1n) is 13.5. The van der Waals surface area contributed by atoms with Crippen LogP contribution in [0.3, 0.4) is 0 Å². The maximum Gasteiger partial charge on any atom is 0.248 e. The van der Waals surface area contributed by atoms with Crippen molar-refractivity contribution in [3.63, 3.8) is 0 Å². The van der Waals surface area contributed by atoms with Crippen molar-refractivity contribution in [2.24, 2.45) is 17.8 Å². The lowest BCUT2D eigenvalue weighted by atomic mass is 9.70. The molecule has 1 N–H and O–H groups in total. The number of nitrogens with zero attached hydrogens (tertiary/aromatic N) is 3. The first-order valence-corrected chi connectivity index (χ1v) is 13.5. The Kier molecular flexibility index (Phi) is 9.04. The fraction of sp³-hybridized carbons (Fsp3) is 0.750. The number of rotatable bonds is 13. The molecule has 8 atom stereocenters. The summed E-state index contributed by atoms with van der Waals surface area (Å²) in [7, 11) is 1.70. The summed E-state index contributed by atoms with van der Waals surface area (Å²) >= 11 is 0. The van der Waals surface area contributed by atoms with Crippen LogP contribution in [-0.2, 0) is 19.1 Å². The van der Waals surface area contributed by atoms with Gasteiger partial charge in [-0.05, 0) is 32.1 Å². The zero-order valence-corrected chi connectivity index (χ0v) is 22.7. The van der Waals surface area contributed by atoms with E-state index in [0.717, 1.165) is 19.3 Å². The first kappa shape index (κ1) is 28.4. The van der Waals surface area contributed by atoms with E-state index < -0.39 is 35.6 Å². The zero-order chi connectivity index (χ0) is 26.8. The van der Waals surface area contributed by atoms with E-state index in [0.29, 0.717) is 25.9 Å². The van der Waals surface area contributed by atoms with Gasteiger partial charge in [-0.2, -0.15) is 0 Å². The molecule has 3 fully saturated rings. The van der Waals surface area contributed by atoms with E-state index in [4.69, 9.17) is 4.74 Å².